The molecule has 1 aromatic heterocycles. The Hall–Kier alpha value is -0.390. The molecule has 0 aliphatic carbocycles. The number of rotatable bonds is 1. The topological polar surface area (TPSA) is 46.1 Å². The second kappa shape index (κ2) is 4.23. The number of carbonyl (C=O) groups excluding carboxylic acids is 1. The molecule has 1 amide bonds. The Bertz CT molecular complexity index is 395. The van der Waals surface area contributed by atoms with Crippen molar-refractivity contribution in [2.24, 2.45) is 0 Å². The van der Waals surface area contributed by atoms with E-state index in [-0.39, 0.29) is 21.0 Å². The zero-order valence-corrected chi connectivity index (χ0v) is 10.6. The van der Waals surface area contributed by atoms with Gasteiger partial charge in [-0.2, -0.15) is 0 Å². The Morgan fingerprint density at radius 1 is 1.40 bits per heavy atom. The lowest BCUT2D eigenvalue weighted by Crippen LogP contribution is -2.25. The molecule has 0 bridgehead atoms. The zero-order valence-electron chi connectivity index (χ0n) is 7.45. The van der Waals surface area contributed by atoms with Gasteiger partial charge in [-0.1, -0.05) is 39.1 Å². The molecule has 7 heteroatoms. The summed E-state index contributed by atoms with van der Waals surface area (Å²) in [6.07, 6.45) is 1.70. The number of halogens is 3. The minimum Gasteiger partial charge on any atom is -0.306 e. The third kappa shape index (κ3) is 2.09. The van der Waals surface area contributed by atoms with Gasteiger partial charge >= 0.3 is 0 Å². The Morgan fingerprint density at radius 2 is 2.00 bits per heavy atom. The van der Waals surface area contributed by atoms with Crippen molar-refractivity contribution in [3.8, 4) is 0 Å². The lowest BCUT2D eigenvalue weighted by Gasteiger charge is -2.17. The van der Waals surface area contributed by atoms with E-state index >= 15 is 0 Å². The average Bonchev–Trinajstić information content (AvgIpc) is 2.45. The summed E-state index contributed by atoms with van der Waals surface area (Å²) < 4.78 is 0. The molecule has 1 unspecified atom stereocenters. The average molecular weight is 311 g/mol. The van der Waals surface area contributed by atoms with Crippen molar-refractivity contribution in [1.29, 1.82) is 0 Å². The van der Waals surface area contributed by atoms with Crippen molar-refractivity contribution in [3.05, 3.63) is 16.6 Å². The van der Waals surface area contributed by atoms with Crippen LogP contribution in [0.5, 0.6) is 0 Å². The van der Waals surface area contributed by atoms with Gasteiger partial charge in [0, 0.05) is 17.8 Å². The van der Waals surface area contributed by atoms with Gasteiger partial charge in [0.15, 0.2) is 10.3 Å². The van der Waals surface area contributed by atoms with Crippen LogP contribution in [0.2, 0.25) is 10.3 Å². The summed E-state index contributed by atoms with van der Waals surface area (Å²) in [5.74, 6) is -0.0320. The van der Waals surface area contributed by atoms with E-state index in [1.54, 1.807) is 0 Å². The molecule has 80 valence electrons. The number of alkyl halides is 1. The molecule has 1 aliphatic rings. The molecule has 4 nitrogen and oxygen atoms in total. The lowest BCUT2D eigenvalue weighted by atomic mass is 10.4. The summed E-state index contributed by atoms with van der Waals surface area (Å²) in [5, 5.41) is 0.398. The van der Waals surface area contributed by atoms with Crippen LogP contribution in [0.25, 0.3) is 0 Å². The number of amides is 1. The van der Waals surface area contributed by atoms with Crippen molar-refractivity contribution < 1.29 is 4.79 Å². The van der Waals surface area contributed by atoms with Gasteiger partial charge in [-0.05, 0) is 0 Å². The molecule has 15 heavy (non-hydrogen) atoms. The van der Waals surface area contributed by atoms with E-state index in [0.717, 1.165) is 0 Å². The van der Waals surface area contributed by atoms with Crippen molar-refractivity contribution in [2.45, 2.75) is 11.2 Å². The van der Waals surface area contributed by atoms with Gasteiger partial charge in [-0.15, -0.1) is 0 Å². The van der Waals surface area contributed by atoms with Crippen molar-refractivity contribution in [3.63, 3.8) is 0 Å². The Morgan fingerprint density at radius 3 is 2.47 bits per heavy atom. The minimum absolute atomic E-state index is 0.0320. The molecule has 1 aliphatic heterocycles. The van der Waals surface area contributed by atoms with E-state index < -0.39 is 0 Å². The van der Waals surface area contributed by atoms with Gasteiger partial charge < -0.3 is 4.90 Å². The van der Waals surface area contributed by atoms with Crippen LogP contribution in [-0.4, -0.2) is 27.2 Å². The molecule has 1 saturated heterocycles. The molecule has 1 fully saturated rings. The van der Waals surface area contributed by atoms with Crippen LogP contribution in [0.1, 0.15) is 6.42 Å². The zero-order chi connectivity index (χ0) is 11.0. The first kappa shape index (κ1) is 11.1. The first-order chi connectivity index (χ1) is 7.09. The molecule has 0 saturated carbocycles. The van der Waals surface area contributed by atoms with Crippen LogP contribution in [0.3, 0.4) is 0 Å². The summed E-state index contributed by atoms with van der Waals surface area (Å²) in [5.41, 5.74) is 0.396. The van der Waals surface area contributed by atoms with E-state index in [2.05, 4.69) is 25.9 Å². The summed E-state index contributed by atoms with van der Waals surface area (Å²) in [7, 11) is 0. The van der Waals surface area contributed by atoms with Gasteiger partial charge in [0.25, 0.3) is 0 Å². The fraction of sp³-hybridized carbons (Fsp3) is 0.375. The first-order valence-corrected chi connectivity index (χ1v) is 5.87. The summed E-state index contributed by atoms with van der Waals surface area (Å²) >= 11 is 15.1. The third-order valence-corrected chi connectivity index (χ3v) is 3.25. The van der Waals surface area contributed by atoms with Gasteiger partial charge in [-0.3, -0.25) is 4.79 Å². The Labute approximate surface area is 105 Å². The molecule has 1 aromatic rings. The Balaban J connectivity index is 2.41. The van der Waals surface area contributed by atoms with Crippen LogP contribution < -0.4 is 4.90 Å². The van der Waals surface area contributed by atoms with Crippen LogP contribution in [0, 0.1) is 0 Å². The predicted molar refractivity (Wildman–Crippen MR) is 61.7 cm³/mol. The second-order valence-corrected chi connectivity index (χ2v) is 5.12. The highest BCUT2D eigenvalue weighted by atomic mass is 79.9. The van der Waals surface area contributed by atoms with Crippen LogP contribution in [0.15, 0.2) is 6.33 Å². The van der Waals surface area contributed by atoms with Crippen LogP contribution >= 0.6 is 39.1 Å². The summed E-state index contributed by atoms with van der Waals surface area (Å²) in [4.78, 5) is 20.8. The molecule has 2 heterocycles. The number of carbonyl (C=O) groups is 1. The number of hydrogen-bond donors (Lipinski definition) is 0. The third-order valence-electron chi connectivity index (χ3n) is 2.08. The standard InChI is InChI=1S/C8H6BrCl2N3O/c9-4-1-5(15)14(2-4)6-7(10)12-3-13-8(6)11/h3-4H,1-2H2. The molecule has 0 spiro atoms. The molecule has 1 atom stereocenters. The molecule has 0 N–H and O–H groups in total. The Kier molecular flexibility index (Phi) is 3.13. The normalized spacial score (nSPS) is 21.1. The summed E-state index contributed by atoms with van der Waals surface area (Å²) in [6.45, 7) is 0.533. The highest BCUT2D eigenvalue weighted by Crippen LogP contribution is 2.34. The second-order valence-electron chi connectivity index (χ2n) is 3.11. The fourth-order valence-corrected chi connectivity index (χ4v) is 2.53. The fourth-order valence-electron chi connectivity index (χ4n) is 1.44. The quantitative estimate of drug-likeness (QED) is 0.590. The smallest absolute Gasteiger partial charge is 0.228 e. The molecule has 2 rings (SSSR count). The van der Waals surface area contributed by atoms with Crippen molar-refractivity contribution in [2.75, 3.05) is 11.4 Å². The van der Waals surface area contributed by atoms with Crippen LogP contribution in [0.4, 0.5) is 5.69 Å². The van der Waals surface area contributed by atoms with Crippen molar-refractivity contribution in [1.82, 2.24) is 9.97 Å². The highest BCUT2D eigenvalue weighted by Gasteiger charge is 2.32. The van der Waals surface area contributed by atoms with E-state index in [1.165, 1.54) is 11.2 Å². The van der Waals surface area contributed by atoms with Gasteiger partial charge in [0.05, 0.1) is 0 Å². The summed E-state index contributed by atoms with van der Waals surface area (Å²) in [6, 6.07) is 0. The number of nitrogens with zero attached hydrogens (tertiary/aromatic N) is 3. The van der Waals surface area contributed by atoms with Gasteiger partial charge in [0.2, 0.25) is 5.91 Å². The maximum atomic E-state index is 11.6. The van der Waals surface area contributed by atoms with Gasteiger partial charge in [0.1, 0.15) is 12.0 Å². The SMILES string of the molecule is O=C1CC(Br)CN1c1c(Cl)ncnc1Cl. The number of anilines is 1. The van der Waals surface area contributed by atoms with Crippen LogP contribution in [-0.2, 0) is 4.79 Å². The van der Waals surface area contributed by atoms with E-state index in [9.17, 15) is 4.79 Å². The largest absolute Gasteiger partial charge is 0.306 e. The maximum Gasteiger partial charge on any atom is 0.228 e. The lowest BCUT2D eigenvalue weighted by molar-refractivity contribution is -0.117. The molecule has 0 radical (unpaired) electrons. The van der Waals surface area contributed by atoms with E-state index in [4.69, 9.17) is 23.2 Å². The molecular formula is C8H6BrCl2N3O. The van der Waals surface area contributed by atoms with E-state index in [1.807, 2.05) is 0 Å². The van der Waals surface area contributed by atoms with Crippen molar-refractivity contribution >= 4 is 50.7 Å². The molecule has 0 aromatic carbocycles. The van der Waals surface area contributed by atoms with E-state index in [0.29, 0.717) is 18.7 Å². The maximum absolute atomic E-state index is 11.6. The number of aromatic nitrogens is 2. The van der Waals surface area contributed by atoms with Gasteiger partial charge in [-0.25, -0.2) is 9.97 Å². The predicted octanol–water partition coefficient (Wildman–Crippen LogP) is 2.28. The molecular weight excluding hydrogens is 305 g/mol. The highest BCUT2D eigenvalue weighted by molar-refractivity contribution is 9.09. The minimum atomic E-state index is -0.0320. The number of hydrogen-bond acceptors (Lipinski definition) is 3. The monoisotopic (exact) mass is 309 g/mol. The first-order valence-electron chi connectivity index (χ1n) is 4.20.